The van der Waals surface area contributed by atoms with E-state index in [0.717, 1.165) is 12.8 Å². The maximum atomic E-state index is 11.1. The number of carbonyl (C=O) groups is 2. The van der Waals surface area contributed by atoms with E-state index in [1.807, 2.05) is 0 Å². The van der Waals surface area contributed by atoms with Crippen LogP contribution < -0.4 is 10.6 Å². The van der Waals surface area contributed by atoms with Crippen LogP contribution in [0.15, 0.2) is 10.2 Å². The Labute approximate surface area is 84.9 Å². The molecule has 0 fully saturated rings. The maximum absolute atomic E-state index is 11.1. The summed E-state index contributed by atoms with van der Waals surface area (Å²) in [6, 6.07) is 0. The van der Waals surface area contributed by atoms with Crippen LogP contribution in [0.3, 0.4) is 0 Å². The van der Waals surface area contributed by atoms with E-state index in [1.54, 1.807) is 0 Å². The number of amides is 2. The third-order valence-corrected chi connectivity index (χ3v) is 2.46. The third kappa shape index (κ3) is 2.30. The predicted molar refractivity (Wildman–Crippen MR) is 52.0 cm³/mol. The van der Waals surface area contributed by atoms with E-state index in [9.17, 15) is 9.59 Å². The molecule has 5 heteroatoms. The summed E-state index contributed by atoms with van der Waals surface area (Å²) in [4.78, 5) is 22.1. The SMILES string of the molecule is CCCCNC1=C(Br)C(=O)NC1=O. The second-order valence-corrected chi connectivity index (χ2v) is 3.55. The van der Waals surface area contributed by atoms with Crippen LogP contribution in [0.2, 0.25) is 0 Å². The Hall–Kier alpha value is -0.840. The van der Waals surface area contributed by atoms with Gasteiger partial charge in [-0.2, -0.15) is 0 Å². The molecule has 1 aliphatic rings. The molecule has 0 radical (unpaired) electrons. The summed E-state index contributed by atoms with van der Waals surface area (Å²) in [5, 5.41) is 5.09. The van der Waals surface area contributed by atoms with Crippen molar-refractivity contribution in [2.75, 3.05) is 6.54 Å². The van der Waals surface area contributed by atoms with E-state index in [4.69, 9.17) is 0 Å². The quantitative estimate of drug-likeness (QED) is 0.566. The Bertz CT molecular complexity index is 273. The first-order chi connectivity index (χ1) is 6.16. The normalized spacial score (nSPS) is 16.5. The van der Waals surface area contributed by atoms with Gasteiger partial charge in [0.05, 0.1) is 0 Å². The van der Waals surface area contributed by atoms with Gasteiger partial charge in [0.1, 0.15) is 10.2 Å². The summed E-state index contributed by atoms with van der Waals surface area (Å²) in [6.45, 7) is 2.77. The molecule has 0 aromatic carbocycles. The lowest BCUT2D eigenvalue weighted by molar-refractivity contribution is -0.124. The van der Waals surface area contributed by atoms with Gasteiger partial charge in [-0.3, -0.25) is 14.9 Å². The molecule has 1 rings (SSSR count). The van der Waals surface area contributed by atoms with Crippen LogP contribution in [0.4, 0.5) is 0 Å². The van der Waals surface area contributed by atoms with Crippen LogP contribution in [-0.4, -0.2) is 18.4 Å². The Morgan fingerprint density at radius 3 is 2.54 bits per heavy atom. The molecule has 0 unspecified atom stereocenters. The van der Waals surface area contributed by atoms with Crippen molar-refractivity contribution in [3.05, 3.63) is 10.2 Å². The van der Waals surface area contributed by atoms with Crippen molar-refractivity contribution in [2.24, 2.45) is 0 Å². The molecule has 0 bridgehead atoms. The van der Waals surface area contributed by atoms with Gasteiger partial charge < -0.3 is 5.32 Å². The van der Waals surface area contributed by atoms with Gasteiger partial charge >= 0.3 is 0 Å². The average Bonchev–Trinajstić information content (AvgIpc) is 2.32. The first-order valence-corrected chi connectivity index (χ1v) is 4.95. The van der Waals surface area contributed by atoms with Crippen molar-refractivity contribution in [3.63, 3.8) is 0 Å². The molecule has 13 heavy (non-hydrogen) atoms. The van der Waals surface area contributed by atoms with Crippen LogP contribution in [0, 0.1) is 0 Å². The first kappa shape index (κ1) is 10.2. The lowest BCUT2D eigenvalue weighted by Crippen LogP contribution is -2.27. The van der Waals surface area contributed by atoms with Crippen molar-refractivity contribution < 1.29 is 9.59 Å². The van der Waals surface area contributed by atoms with E-state index in [0.29, 0.717) is 16.7 Å². The van der Waals surface area contributed by atoms with Crippen molar-refractivity contribution in [1.82, 2.24) is 10.6 Å². The highest BCUT2D eigenvalue weighted by Gasteiger charge is 2.27. The van der Waals surface area contributed by atoms with Gasteiger partial charge in [0.2, 0.25) is 0 Å². The molecule has 2 amide bonds. The highest BCUT2D eigenvalue weighted by Crippen LogP contribution is 2.15. The van der Waals surface area contributed by atoms with E-state index in [-0.39, 0.29) is 11.8 Å². The van der Waals surface area contributed by atoms with Gasteiger partial charge in [-0.05, 0) is 22.4 Å². The molecule has 0 spiro atoms. The molecule has 0 aliphatic carbocycles. The van der Waals surface area contributed by atoms with Crippen LogP contribution in [0.1, 0.15) is 19.8 Å². The van der Waals surface area contributed by atoms with Crippen LogP contribution in [0.25, 0.3) is 0 Å². The number of halogens is 1. The molecule has 0 atom stereocenters. The summed E-state index contributed by atoms with van der Waals surface area (Å²) in [6.07, 6.45) is 2.03. The summed E-state index contributed by atoms with van der Waals surface area (Å²) in [7, 11) is 0. The molecule has 2 N–H and O–H groups in total. The topological polar surface area (TPSA) is 58.2 Å². The molecule has 0 saturated heterocycles. The molecule has 0 aromatic heterocycles. The highest BCUT2D eigenvalue weighted by atomic mass is 79.9. The lowest BCUT2D eigenvalue weighted by Gasteiger charge is -2.03. The van der Waals surface area contributed by atoms with E-state index >= 15 is 0 Å². The molecule has 72 valence electrons. The number of hydrogen-bond acceptors (Lipinski definition) is 3. The number of nitrogens with one attached hydrogen (secondary N) is 2. The molecular formula is C8H11BrN2O2. The summed E-state index contributed by atoms with van der Waals surface area (Å²) in [5.74, 6) is -0.725. The first-order valence-electron chi connectivity index (χ1n) is 4.16. The van der Waals surface area contributed by atoms with Gasteiger partial charge in [-0.1, -0.05) is 13.3 Å². The molecule has 1 heterocycles. The van der Waals surface area contributed by atoms with Gasteiger partial charge in [0.25, 0.3) is 11.8 Å². The van der Waals surface area contributed by atoms with Crippen molar-refractivity contribution in [1.29, 1.82) is 0 Å². The minimum atomic E-state index is -0.371. The van der Waals surface area contributed by atoms with Gasteiger partial charge in [-0.15, -0.1) is 0 Å². The van der Waals surface area contributed by atoms with E-state index in [1.165, 1.54) is 0 Å². The fourth-order valence-electron chi connectivity index (χ4n) is 0.982. The molecule has 0 saturated carbocycles. The Kier molecular flexibility index (Phi) is 3.48. The zero-order valence-electron chi connectivity index (χ0n) is 7.32. The number of unbranched alkanes of at least 4 members (excludes halogenated alkanes) is 1. The van der Waals surface area contributed by atoms with Gasteiger partial charge in [0, 0.05) is 6.54 Å². The summed E-state index contributed by atoms with van der Waals surface area (Å²) in [5.41, 5.74) is 0.346. The second-order valence-electron chi connectivity index (χ2n) is 2.75. The van der Waals surface area contributed by atoms with Crippen LogP contribution in [0.5, 0.6) is 0 Å². The second kappa shape index (κ2) is 4.41. The van der Waals surface area contributed by atoms with Crippen molar-refractivity contribution in [2.45, 2.75) is 19.8 Å². The summed E-state index contributed by atoms with van der Waals surface area (Å²) >= 11 is 3.05. The monoisotopic (exact) mass is 246 g/mol. The van der Waals surface area contributed by atoms with Crippen molar-refractivity contribution in [3.8, 4) is 0 Å². The fourth-order valence-corrected chi connectivity index (χ4v) is 1.40. The number of rotatable bonds is 4. The number of imide groups is 1. The smallest absolute Gasteiger partial charge is 0.275 e. The van der Waals surface area contributed by atoms with Gasteiger partial charge in [0.15, 0.2) is 0 Å². The zero-order chi connectivity index (χ0) is 9.84. The average molecular weight is 247 g/mol. The Morgan fingerprint density at radius 1 is 1.38 bits per heavy atom. The number of hydrogen-bond donors (Lipinski definition) is 2. The van der Waals surface area contributed by atoms with E-state index in [2.05, 4.69) is 33.5 Å². The minimum absolute atomic E-state index is 0.300. The molecule has 4 nitrogen and oxygen atoms in total. The Morgan fingerprint density at radius 2 is 2.08 bits per heavy atom. The Balaban J connectivity index is 2.56. The van der Waals surface area contributed by atoms with Crippen LogP contribution in [-0.2, 0) is 9.59 Å². The minimum Gasteiger partial charge on any atom is -0.379 e. The molecule has 0 aromatic rings. The lowest BCUT2D eigenvalue weighted by atomic mass is 10.3. The third-order valence-electron chi connectivity index (χ3n) is 1.71. The predicted octanol–water partition coefficient (Wildman–Crippen LogP) is 0.639. The molecular weight excluding hydrogens is 236 g/mol. The molecule has 1 aliphatic heterocycles. The highest BCUT2D eigenvalue weighted by molar-refractivity contribution is 9.12. The van der Waals surface area contributed by atoms with Crippen LogP contribution >= 0.6 is 15.9 Å². The summed E-state index contributed by atoms with van der Waals surface area (Å²) < 4.78 is 0.300. The fraction of sp³-hybridized carbons (Fsp3) is 0.500. The largest absolute Gasteiger partial charge is 0.379 e. The standard InChI is InChI=1S/C8H11BrN2O2/c1-2-3-4-10-6-5(9)7(12)11-8(6)13/h2-4H2,1H3,(H2,10,11,12,13). The van der Waals surface area contributed by atoms with Gasteiger partial charge in [-0.25, -0.2) is 0 Å². The number of carbonyl (C=O) groups excluding carboxylic acids is 2. The van der Waals surface area contributed by atoms with E-state index < -0.39 is 0 Å². The van der Waals surface area contributed by atoms with Crippen molar-refractivity contribution >= 4 is 27.7 Å². The zero-order valence-corrected chi connectivity index (χ0v) is 8.90. The maximum Gasteiger partial charge on any atom is 0.275 e.